The second-order valence-electron chi connectivity index (χ2n) is 7.90. The lowest BCUT2D eigenvalue weighted by Crippen LogP contribution is -2.49. The number of hydrogen-bond donors (Lipinski definition) is 1. The van der Waals surface area contributed by atoms with E-state index in [1.165, 1.54) is 6.42 Å². The Morgan fingerprint density at radius 2 is 2.14 bits per heavy atom. The van der Waals surface area contributed by atoms with Gasteiger partial charge in [0.25, 0.3) is 0 Å². The summed E-state index contributed by atoms with van der Waals surface area (Å²) in [4.78, 5) is 2.34. The van der Waals surface area contributed by atoms with Gasteiger partial charge < -0.3 is 14.4 Å². The highest BCUT2D eigenvalue weighted by Gasteiger charge is 2.31. The molecule has 3 aliphatic rings. The zero-order valence-corrected chi connectivity index (χ0v) is 16.6. The van der Waals surface area contributed by atoms with Crippen LogP contribution in [0.1, 0.15) is 37.3 Å². The van der Waals surface area contributed by atoms with Crippen molar-refractivity contribution in [1.82, 2.24) is 10.2 Å². The maximum Gasteiger partial charge on any atom is 0.422 e. The Bertz CT molecular complexity index is 798. The summed E-state index contributed by atoms with van der Waals surface area (Å²) in [6.07, 6.45) is 4.53. The van der Waals surface area contributed by atoms with E-state index in [0.717, 1.165) is 61.4 Å². The van der Waals surface area contributed by atoms with Crippen LogP contribution in [0.5, 0.6) is 5.75 Å². The Hall–Kier alpha value is -1.99. The largest absolute Gasteiger partial charge is 0.484 e. The zero-order chi connectivity index (χ0) is 20.4. The average Bonchev–Trinajstić information content (AvgIpc) is 2.71. The van der Waals surface area contributed by atoms with Crippen LogP contribution in [0.4, 0.5) is 13.2 Å². The first kappa shape index (κ1) is 20.3. The molecule has 3 heterocycles. The van der Waals surface area contributed by atoms with Gasteiger partial charge in [0.2, 0.25) is 0 Å². The van der Waals surface area contributed by atoms with Crippen LogP contribution in [0.25, 0.3) is 5.70 Å². The molecule has 0 aromatic heterocycles. The Morgan fingerprint density at radius 1 is 1.28 bits per heavy atom. The van der Waals surface area contributed by atoms with E-state index in [4.69, 9.17) is 9.47 Å². The van der Waals surface area contributed by atoms with Crippen LogP contribution in [0.3, 0.4) is 0 Å². The highest BCUT2D eigenvalue weighted by Crippen LogP contribution is 2.37. The Morgan fingerprint density at radius 3 is 2.90 bits per heavy atom. The van der Waals surface area contributed by atoms with Crippen LogP contribution in [-0.2, 0) is 11.2 Å². The van der Waals surface area contributed by atoms with Crippen LogP contribution in [0.2, 0.25) is 0 Å². The van der Waals surface area contributed by atoms with Gasteiger partial charge in [-0.2, -0.15) is 13.2 Å². The second-order valence-corrected chi connectivity index (χ2v) is 7.90. The lowest BCUT2D eigenvalue weighted by molar-refractivity contribution is -0.153. The van der Waals surface area contributed by atoms with Crippen LogP contribution in [0.15, 0.2) is 35.9 Å². The van der Waals surface area contributed by atoms with E-state index in [1.807, 2.05) is 6.07 Å². The van der Waals surface area contributed by atoms with Crippen molar-refractivity contribution in [1.29, 1.82) is 0 Å². The molecule has 1 fully saturated rings. The van der Waals surface area contributed by atoms with E-state index in [9.17, 15) is 13.2 Å². The summed E-state index contributed by atoms with van der Waals surface area (Å²) >= 11 is 0. The molecule has 4 nitrogen and oxygen atoms in total. The summed E-state index contributed by atoms with van der Waals surface area (Å²) < 4.78 is 48.1. The lowest BCUT2D eigenvalue weighted by atomic mass is 9.91. The molecule has 2 atom stereocenters. The number of nitrogens with zero attached hydrogens (tertiary/aromatic N) is 1. The summed E-state index contributed by atoms with van der Waals surface area (Å²) in [5.74, 6) is 0.267. The van der Waals surface area contributed by atoms with Crippen LogP contribution in [0, 0.1) is 0 Å². The fraction of sp³-hybridized carbons (Fsp3) is 0.545. The quantitative estimate of drug-likeness (QED) is 0.789. The van der Waals surface area contributed by atoms with E-state index in [2.05, 4.69) is 29.3 Å². The van der Waals surface area contributed by atoms with Crippen molar-refractivity contribution in [3.63, 3.8) is 0 Å². The molecule has 4 rings (SSSR count). The monoisotopic (exact) mass is 408 g/mol. The van der Waals surface area contributed by atoms with Crippen molar-refractivity contribution >= 4 is 5.70 Å². The minimum atomic E-state index is -4.33. The van der Waals surface area contributed by atoms with Crippen molar-refractivity contribution in [3.05, 3.63) is 47.1 Å². The third kappa shape index (κ3) is 4.78. The molecule has 1 N–H and O–H groups in total. The maximum absolute atomic E-state index is 12.4. The van der Waals surface area contributed by atoms with Gasteiger partial charge in [-0.05, 0) is 68.0 Å². The summed E-state index contributed by atoms with van der Waals surface area (Å²) in [5, 5.41) is 3.62. The third-order valence-corrected chi connectivity index (χ3v) is 5.71. The molecule has 0 amide bonds. The molecule has 1 aromatic rings. The van der Waals surface area contributed by atoms with Gasteiger partial charge in [0.05, 0.1) is 12.3 Å². The number of rotatable bonds is 5. The van der Waals surface area contributed by atoms with E-state index < -0.39 is 12.8 Å². The van der Waals surface area contributed by atoms with E-state index in [-0.39, 0.29) is 18.0 Å². The van der Waals surface area contributed by atoms with Gasteiger partial charge in [-0.3, -0.25) is 5.32 Å². The van der Waals surface area contributed by atoms with Crippen molar-refractivity contribution in [2.75, 3.05) is 26.3 Å². The molecule has 3 aliphatic heterocycles. The molecular weight excluding hydrogens is 381 g/mol. The van der Waals surface area contributed by atoms with Gasteiger partial charge in [-0.1, -0.05) is 6.08 Å². The minimum absolute atomic E-state index is 0.0912. The van der Waals surface area contributed by atoms with Crippen molar-refractivity contribution in [2.45, 2.75) is 51.1 Å². The molecule has 7 heteroatoms. The molecule has 2 unspecified atom stereocenters. The normalized spacial score (nSPS) is 24.3. The molecule has 1 saturated heterocycles. The van der Waals surface area contributed by atoms with Gasteiger partial charge in [0.1, 0.15) is 5.75 Å². The van der Waals surface area contributed by atoms with Gasteiger partial charge in [-0.15, -0.1) is 0 Å². The number of fused-ring (bicyclic) bond motifs is 3. The predicted molar refractivity (Wildman–Crippen MR) is 106 cm³/mol. The minimum Gasteiger partial charge on any atom is -0.484 e. The fourth-order valence-corrected chi connectivity index (χ4v) is 4.30. The number of benzene rings is 1. The lowest BCUT2D eigenvalue weighted by Gasteiger charge is -2.42. The molecule has 0 spiro atoms. The molecule has 29 heavy (non-hydrogen) atoms. The van der Waals surface area contributed by atoms with Crippen molar-refractivity contribution in [3.8, 4) is 5.75 Å². The SMILES string of the molecule is CC1=C2c3ccc(OCC(F)(F)F)cc3CCN2C(NCC2CCCCO2)C=C1. The standard InChI is InChI=1S/C22H27F3N2O2/c1-15-5-8-20(26-13-18-4-2-3-11-28-18)27-10-9-16-12-17(29-14-22(23,24)25)6-7-19(16)21(15)27/h5-8,12,18,20,26H,2-4,9-11,13-14H2,1H3. The number of ether oxygens (including phenoxy) is 2. The number of alkyl halides is 3. The first-order valence-corrected chi connectivity index (χ1v) is 10.2. The molecule has 0 bridgehead atoms. The molecule has 0 radical (unpaired) electrons. The predicted octanol–water partition coefficient (Wildman–Crippen LogP) is 4.27. The fourth-order valence-electron chi connectivity index (χ4n) is 4.30. The molecular formula is C22H27F3N2O2. The first-order valence-electron chi connectivity index (χ1n) is 10.2. The number of allylic oxidation sites excluding steroid dienone is 2. The summed E-state index contributed by atoms with van der Waals surface area (Å²) in [6, 6.07) is 5.26. The van der Waals surface area contributed by atoms with Crippen molar-refractivity contribution in [2.24, 2.45) is 0 Å². The number of hydrogen-bond acceptors (Lipinski definition) is 4. The molecule has 158 valence electrons. The molecule has 0 aliphatic carbocycles. The summed E-state index contributed by atoms with van der Waals surface area (Å²) in [6.45, 7) is 3.26. The first-order chi connectivity index (χ1) is 13.9. The van der Waals surface area contributed by atoms with Gasteiger partial charge >= 0.3 is 6.18 Å². The Labute approximate surface area is 169 Å². The summed E-state index contributed by atoms with van der Waals surface area (Å²) in [7, 11) is 0. The van der Waals surface area contributed by atoms with E-state index in [0.29, 0.717) is 0 Å². The van der Waals surface area contributed by atoms with Gasteiger partial charge in [-0.25, -0.2) is 0 Å². The van der Waals surface area contributed by atoms with E-state index >= 15 is 0 Å². The second kappa shape index (κ2) is 8.40. The summed E-state index contributed by atoms with van der Waals surface area (Å²) in [5.41, 5.74) is 4.39. The number of halogens is 3. The molecule has 0 saturated carbocycles. The zero-order valence-electron chi connectivity index (χ0n) is 16.6. The van der Waals surface area contributed by atoms with Crippen LogP contribution < -0.4 is 10.1 Å². The average molecular weight is 408 g/mol. The smallest absolute Gasteiger partial charge is 0.422 e. The van der Waals surface area contributed by atoms with Gasteiger partial charge in [0.15, 0.2) is 6.61 Å². The Kier molecular flexibility index (Phi) is 5.88. The highest BCUT2D eigenvalue weighted by atomic mass is 19.4. The Balaban J connectivity index is 1.48. The highest BCUT2D eigenvalue weighted by molar-refractivity contribution is 5.75. The van der Waals surface area contributed by atoms with Crippen LogP contribution in [-0.4, -0.2) is 49.6 Å². The van der Waals surface area contributed by atoms with Crippen molar-refractivity contribution < 1.29 is 22.6 Å². The van der Waals surface area contributed by atoms with Gasteiger partial charge in [0, 0.05) is 31.0 Å². The third-order valence-electron chi connectivity index (χ3n) is 5.71. The topological polar surface area (TPSA) is 33.7 Å². The van der Waals surface area contributed by atoms with Crippen LogP contribution >= 0.6 is 0 Å². The number of nitrogens with one attached hydrogen (secondary N) is 1. The van der Waals surface area contributed by atoms with E-state index in [1.54, 1.807) is 12.1 Å². The molecule has 1 aromatic carbocycles. The maximum atomic E-state index is 12.4.